The van der Waals surface area contributed by atoms with E-state index < -0.39 is 0 Å². The minimum Gasteiger partial charge on any atom is -0.393 e. The van der Waals surface area contributed by atoms with Gasteiger partial charge in [-0.2, -0.15) is 0 Å². The maximum atomic E-state index is 9.16. The molecule has 2 N–H and O–H groups in total. The Balaban J connectivity index is 1.86. The summed E-state index contributed by atoms with van der Waals surface area (Å²) < 4.78 is 0. The second kappa shape index (κ2) is 4.33. The molecule has 1 fully saturated rings. The van der Waals surface area contributed by atoms with Crippen molar-refractivity contribution in [2.45, 2.75) is 45.4 Å². The molecule has 1 aromatic carbocycles. The Labute approximate surface area is 91.3 Å². The molecule has 2 heteroatoms. The van der Waals surface area contributed by atoms with Gasteiger partial charge >= 0.3 is 0 Å². The van der Waals surface area contributed by atoms with E-state index in [1.807, 2.05) is 0 Å². The van der Waals surface area contributed by atoms with Gasteiger partial charge in [-0.1, -0.05) is 18.2 Å². The van der Waals surface area contributed by atoms with Crippen LogP contribution in [0.4, 0.5) is 0 Å². The standard InChI is InChI=1S/C13H19NO/c1-9-3-4-11(5-10(9)2)8-14-12-6-13(15)7-12/h3-5,12-15H,6-8H2,1-2H3. The molecule has 0 spiro atoms. The molecule has 0 saturated heterocycles. The SMILES string of the molecule is Cc1ccc(CNC2CC(O)C2)cc1C. The number of aliphatic hydroxyl groups excluding tert-OH is 1. The summed E-state index contributed by atoms with van der Waals surface area (Å²) in [5.41, 5.74) is 4.03. The van der Waals surface area contributed by atoms with Gasteiger partial charge in [-0.05, 0) is 43.4 Å². The molecule has 0 bridgehead atoms. The second-order valence-corrected chi connectivity index (χ2v) is 4.62. The molecule has 0 heterocycles. The van der Waals surface area contributed by atoms with Crippen LogP contribution in [-0.2, 0) is 6.54 Å². The molecule has 1 saturated carbocycles. The number of rotatable bonds is 3. The molecule has 0 unspecified atom stereocenters. The van der Waals surface area contributed by atoms with E-state index in [0.717, 1.165) is 19.4 Å². The number of aliphatic hydroxyl groups is 1. The second-order valence-electron chi connectivity index (χ2n) is 4.62. The molecular weight excluding hydrogens is 186 g/mol. The van der Waals surface area contributed by atoms with Crippen LogP contribution >= 0.6 is 0 Å². The quantitative estimate of drug-likeness (QED) is 0.790. The topological polar surface area (TPSA) is 32.3 Å². The van der Waals surface area contributed by atoms with Crippen molar-refractivity contribution < 1.29 is 5.11 Å². The summed E-state index contributed by atoms with van der Waals surface area (Å²) in [6, 6.07) is 7.09. The van der Waals surface area contributed by atoms with Crippen LogP contribution in [-0.4, -0.2) is 17.3 Å². The fourth-order valence-electron chi connectivity index (χ4n) is 1.93. The van der Waals surface area contributed by atoms with Crippen LogP contribution in [0.25, 0.3) is 0 Å². The van der Waals surface area contributed by atoms with E-state index in [1.165, 1.54) is 16.7 Å². The van der Waals surface area contributed by atoms with Gasteiger partial charge in [-0.3, -0.25) is 0 Å². The van der Waals surface area contributed by atoms with Crippen LogP contribution in [0.3, 0.4) is 0 Å². The Morgan fingerprint density at radius 1 is 1.27 bits per heavy atom. The lowest BCUT2D eigenvalue weighted by Crippen LogP contribution is -2.43. The van der Waals surface area contributed by atoms with Crippen molar-refractivity contribution in [3.63, 3.8) is 0 Å². The number of benzene rings is 1. The fourth-order valence-corrected chi connectivity index (χ4v) is 1.93. The zero-order valence-electron chi connectivity index (χ0n) is 9.46. The van der Waals surface area contributed by atoms with E-state index in [4.69, 9.17) is 5.11 Å². The molecule has 0 aromatic heterocycles. The molecule has 2 rings (SSSR count). The monoisotopic (exact) mass is 205 g/mol. The van der Waals surface area contributed by atoms with Crippen LogP contribution < -0.4 is 5.32 Å². The van der Waals surface area contributed by atoms with Crippen molar-refractivity contribution in [2.24, 2.45) is 0 Å². The predicted octanol–water partition coefficient (Wildman–Crippen LogP) is 1.92. The van der Waals surface area contributed by atoms with Crippen LogP contribution in [0.5, 0.6) is 0 Å². The van der Waals surface area contributed by atoms with Crippen molar-refractivity contribution >= 4 is 0 Å². The minimum absolute atomic E-state index is 0.0674. The molecule has 82 valence electrons. The van der Waals surface area contributed by atoms with Gasteiger partial charge in [0.1, 0.15) is 0 Å². The molecule has 1 aromatic rings. The van der Waals surface area contributed by atoms with Gasteiger partial charge in [0, 0.05) is 12.6 Å². The van der Waals surface area contributed by atoms with E-state index in [0.29, 0.717) is 6.04 Å². The Morgan fingerprint density at radius 2 is 2.00 bits per heavy atom. The first-order valence-corrected chi connectivity index (χ1v) is 5.63. The lowest BCUT2D eigenvalue weighted by atomic mass is 9.89. The van der Waals surface area contributed by atoms with Gasteiger partial charge in [0.2, 0.25) is 0 Å². The normalized spacial score (nSPS) is 25.0. The van der Waals surface area contributed by atoms with Gasteiger partial charge in [0.25, 0.3) is 0 Å². The van der Waals surface area contributed by atoms with E-state index in [1.54, 1.807) is 0 Å². The molecule has 1 aliphatic rings. The molecule has 0 aliphatic heterocycles. The summed E-state index contributed by atoms with van der Waals surface area (Å²) in [5, 5.41) is 12.6. The van der Waals surface area contributed by atoms with Crippen molar-refractivity contribution in [1.29, 1.82) is 0 Å². The number of aryl methyl sites for hydroxylation is 2. The third-order valence-corrected chi connectivity index (χ3v) is 3.28. The van der Waals surface area contributed by atoms with Gasteiger partial charge in [0.15, 0.2) is 0 Å². The smallest absolute Gasteiger partial charge is 0.0570 e. The maximum Gasteiger partial charge on any atom is 0.0570 e. The highest BCUT2D eigenvalue weighted by Gasteiger charge is 2.26. The molecular formula is C13H19NO. The predicted molar refractivity (Wildman–Crippen MR) is 61.8 cm³/mol. The maximum absolute atomic E-state index is 9.16. The Morgan fingerprint density at radius 3 is 2.60 bits per heavy atom. The molecule has 0 amide bonds. The zero-order valence-corrected chi connectivity index (χ0v) is 9.46. The molecule has 0 radical (unpaired) electrons. The first-order chi connectivity index (χ1) is 7.15. The largest absolute Gasteiger partial charge is 0.393 e. The van der Waals surface area contributed by atoms with Gasteiger partial charge in [-0.15, -0.1) is 0 Å². The first-order valence-electron chi connectivity index (χ1n) is 5.63. The minimum atomic E-state index is -0.0674. The summed E-state index contributed by atoms with van der Waals surface area (Å²) in [6.45, 7) is 5.19. The average molecular weight is 205 g/mol. The zero-order chi connectivity index (χ0) is 10.8. The summed E-state index contributed by atoms with van der Waals surface area (Å²) in [6.07, 6.45) is 1.75. The van der Waals surface area contributed by atoms with E-state index in [9.17, 15) is 0 Å². The summed E-state index contributed by atoms with van der Waals surface area (Å²) in [4.78, 5) is 0. The fraction of sp³-hybridized carbons (Fsp3) is 0.538. The number of hydrogen-bond donors (Lipinski definition) is 2. The van der Waals surface area contributed by atoms with Crippen LogP contribution in [0.2, 0.25) is 0 Å². The Hall–Kier alpha value is -0.860. The van der Waals surface area contributed by atoms with E-state index in [2.05, 4.69) is 37.4 Å². The number of nitrogens with one attached hydrogen (secondary N) is 1. The number of hydrogen-bond acceptors (Lipinski definition) is 2. The summed E-state index contributed by atoms with van der Waals surface area (Å²) in [7, 11) is 0. The van der Waals surface area contributed by atoms with Crippen molar-refractivity contribution in [1.82, 2.24) is 5.32 Å². The van der Waals surface area contributed by atoms with E-state index in [-0.39, 0.29) is 6.10 Å². The average Bonchev–Trinajstić information content (AvgIpc) is 2.16. The van der Waals surface area contributed by atoms with Crippen LogP contribution in [0.15, 0.2) is 18.2 Å². The highest BCUT2D eigenvalue weighted by molar-refractivity contribution is 5.29. The highest BCUT2D eigenvalue weighted by atomic mass is 16.3. The van der Waals surface area contributed by atoms with Crippen LogP contribution in [0, 0.1) is 13.8 Å². The Bertz CT molecular complexity index is 342. The van der Waals surface area contributed by atoms with Crippen molar-refractivity contribution in [3.8, 4) is 0 Å². The van der Waals surface area contributed by atoms with Gasteiger partial charge in [0.05, 0.1) is 6.10 Å². The van der Waals surface area contributed by atoms with Crippen molar-refractivity contribution in [2.75, 3.05) is 0 Å². The first kappa shape index (κ1) is 10.7. The molecule has 1 aliphatic carbocycles. The lowest BCUT2D eigenvalue weighted by molar-refractivity contribution is 0.0619. The molecule has 0 atom stereocenters. The molecule has 15 heavy (non-hydrogen) atoms. The summed E-state index contributed by atoms with van der Waals surface area (Å²) >= 11 is 0. The lowest BCUT2D eigenvalue weighted by Gasteiger charge is -2.32. The van der Waals surface area contributed by atoms with Crippen molar-refractivity contribution in [3.05, 3.63) is 34.9 Å². The Kier molecular flexibility index (Phi) is 3.08. The van der Waals surface area contributed by atoms with Gasteiger partial charge in [-0.25, -0.2) is 0 Å². The van der Waals surface area contributed by atoms with E-state index >= 15 is 0 Å². The highest BCUT2D eigenvalue weighted by Crippen LogP contribution is 2.20. The summed E-state index contributed by atoms with van der Waals surface area (Å²) in [5.74, 6) is 0. The molecule has 2 nitrogen and oxygen atoms in total. The third-order valence-electron chi connectivity index (χ3n) is 3.28. The third kappa shape index (κ3) is 2.58. The van der Waals surface area contributed by atoms with Gasteiger partial charge < -0.3 is 10.4 Å². The van der Waals surface area contributed by atoms with Crippen LogP contribution in [0.1, 0.15) is 29.5 Å².